The van der Waals surface area contributed by atoms with E-state index in [0.29, 0.717) is 0 Å². The van der Waals surface area contributed by atoms with Crippen LogP contribution in [0.3, 0.4) is 0 Å². The Morgan fingerprint density at radius 2 is 2.09 bits per heavy atom. The predicted molar refractivity (Wildman–Crippen MR) is 98.9 cm³/mol. The van der Waals surface area contributed by atoms with Gasteiger partial charge in [-0.05, 0) is 38.3 Å². The van der Waals surface area contributed by atoms with Crippen LogP contribution in [0, 0.1) is 11.8 Å². The van der Waals surface area contributed by atoms with Crippen LogP contribution >= 0.6 is 11.8 Å². The summed E-state index contributed by atoms with van der Waals surface area (Å²) < 4.78 is 0. The van der Waals surface area contributed by atoms with Crippen molar-refractivity contribution in [2.45, 2.75) is 39.4 Å². The van der Waals surface area contributed by atoms with Crippen molar-refractivity contribution in [3.63, 3.8) is 0 Å². The first-order chi connectivity index (χ1) is 10.6. The topological polar surface area (TPSA) is 30.9 Å². The fraction of sp³-hybridized carbons (Fsp3) is 0.941. The molecule has 0 spiro atoms. The zero-order valence-electron chi connectivity index (χ0n) is 14.8. The molecule has 2 aliphatic heterocycles. The van der Waals surface area contributed by atoms with Crippen molar-refractivity contribution >= 4 is 17.7 Å². The SMILES string of the molecule is CCNC(=NCC1CCN(CC)C1)N1CCSC(C(C)C)C1. The number of thioether (sulfide) groups is 1. The number of aliphatic imine (C=N–C) groups is 1. The van der Waals surface area contributed by atoms with E-state index in [1.54, 1.807) is 0 Å². The van der Waals surface area contributed by atoms with Crippen molar-refractivity contribution in [1.29, 1.82) is 0 Å². The summed E-state index contributed by atoms with van der Waals surface area (Å²) in [5.41, 5.74) is 0. The van der Waals surface area contributed by atoms with Crippen LogP contribution in [0.15, 0.2) is 4.99 Å². The number of nitrogens with zero attached hydrogens (tertiary/aromatic N) is 3. The zero-order valence-corrected chi connectivity index (χ0v) is 15.7. The highest BCUT2D eigenvalue weighted by atomic mass is 32.2. The van der Waals surface area contributed by atoms with Gasteiger partial charge in [-0.15, -0.1) is 0 Å². The van der Waals surface area contributed by atoms with E-state index in [1.807, 2.05) is 0 Å². The van der Waals surface area contributed by atoms with E-state index in [-0.39, 0.29) is 0 Å². The minimum absolute atomic E-state index is 0.736. The van der Waals surface area contributed by atoms with Crippen molar-refractivity contribution in [2.75, 3.05) is 51.6 Å². The minimum atomic E-state index is 0.736. The maximum absolute atomic E-state index is 4.98. The molecule has 4 nitrogen and oxygen atoms in total. The van der Waals surface area contributed by atoms with Crippen LogP contribution in [0.25, 0.3) is 0 Å². The van der Waals surface area contributed by atoms with Crippen LogP contribution in [0.1, 0.15) is 34.1 Å². The van der Waals surface area contributed by atoms with Gasteiger partial charge in [0.05, 0.1) is 0 Å². The van der Waals surface area contributed by atoms with E-state index in [9.17, 15) is 0 Å². The Kier molecular flexibility index (Phi) is 7.35. The predicted octanol–water partition coefficient (Wildman–Crippen LogP) is 2.37. The Morgan fingerprint density at radius 3 is 2.73 bits per heavy atom. The fourth-order valence-corrected chi connectivity index (χ4v) is 4.56. The molecular weight excluding hydrogens is 292 g/mol. The first-order valence-electron chi connectivity index (χ1n) is 9.01. The summed E-state index contributed by atoms with van der Waals surface area (Å²) in [5, 5.41) is 4.25. The average Bonchev–Trinajstić information content (AvgIpc) is 2.99. The van der Waals surface area contributed by atoms with Gasteiger partial charge in [0.1, 0.15) is 0 Å². The zero-order chi connectivity index (χ0) is 15.9. The van der Waals surface area contributed by atoms with Gasteiger partial charge in [0.15, 0.2) is 5.96 Å². The molecule has 0 saturated carbocycles. The van der Waals surface area contributed by atoms with Gasteiger partial charge in [0, 0.05) is 43.7 Å². The lowest BCUT2D eigenvalue weighted by molar-refractivity contribution is 0.342. The molecule has 2 atom stereocenters. The van der Waals surface area contributed by atoms with Gasteiger partial charge in [0.25, 0.3) is 0 Å². The van der Waals surface area contributed by atoms with Crippen LogP contribution in [0.2, 0.25) is 0 Å². The smallest absolute Gasteiger partial charge is 0.193 e. The molecule has 0 bridgehead atoms. The summed E-state index contributed by atoms with van der Waals surface area (Å²) in [6.07, 6.45) is 1.31. The fourth-order valence-electron chi connectivity index (χ4n) is 3.26. The second-order valence-corrected chi connectivity index (χ2v) is 8.19. The van der Waals surface area contributed by atoms with Gasteiger partial charge >= 0.3 is 0 Å². The molecule has 0 aromatic carbocycles. The largest absolute Gasteiger partial charge is 0.357 e. The molecule has 2 fully saturated rings. The molecule has 0 aromatic rings. The highest BCUT2D eigenvalue weighted by molar-refractivity contribution is 8.00. The van der Waals surface area contributed by atoms with E-state index in [4.69, 9.17) is 4.99 Å². The highest BCUT2D eigenvalue weighted by Gasteiger charge is 2.26. The Labute approximate surface area is 141 Å². The summed E-state index contributed by atoms with van der Waals surface area (Å²) in [4.78, 5) is 10.0. The summed E-state index contributed by atoms with van der Waals surface area (Å²) in [5.74, 6) is 3.85. The molecule has 0 amide bonds. The van der Waals surface area contributed by atoms with Crippen molar-refractivity contribution in [3.8, 4) is 0 Å². The number of likely N-dealkylation sites (tertiary alicyclic amines) is 1. The Morgan fingerprint density at radius 1 is 1.27 bits per heavy atom. The van der Waals surface area contributed by atoms with Gasteiger partial charge in [-0.25, -0.2) is 0 Å². The van der Waals surface area contributed by atoms with Crippen molar-refractivity contribution in [3.05, 3.63) is 0 Å². The second kappa shape index (κ2) is 9.02. The number of guanidine groups is 1. The molecule has 2 saturated heterocycles. The number of rotatable bonds is 5. The third-order valence-corrected chi connectivity index (χ3v) is 6.33. The van der Waals surface area contributed by atoms with E-state index in [0.717, 1.165) is 49.2 Å². The van der Waals surface area contributed by atoms with Gasteiger partial charge in [-0.1, -0.05) is 20.8 Å². The van der Waals surface area contributed by atoms with Gasteiger partial charge in [-0.3, -0.25) is 4.99 Å². The molecule has 128 valence electrons. The Balaban J connectivity index is 1.92. The number of hydrogen-bond acceptors (Lipinski definition) is 3. The van der Waals surface area contributed by atoms with Crippen LogP contribution in [0.5, 0.6) is 0 Å². The Hall–Kier alpha value is -0.420. The standard InChI is InChI=1S/C17H34N4S/c1-5-18-17(19-11-15-7-8-20(6-2)12-15)21-9-10-22-16(13-21)14(3)4/h14-16H,5-13H2,1-4H3,(H,18,19). The molecule has 2 rings (SSSR count). The van der Waals surface area contributed by atoms with Crippen molar-refractivity contribution in [2.24, 2.45) is 16.8 Å². The van der Waals surface area contributed by atoms with E-state index < -0.39 is 0 Å². The summed E-state index contributed by atoms with van der Waals surface area (Å²) in [7, 11) is 0. The van der Waals surface area contributed by atoms with Gasteiger partial charge in [-0.2, -0.15) is 11.8 Å². The number of nitrogens with one attached hydrogen (secondary N) is 1. The van der Waals surface area contributed by atoms with Gasteiger partial charge in [0.2, 0.25) is 0 Å². The quantitative estimate of drug-likeness (QED) is 0.621. The van der Waals surface area contributed by atoms with Crippen molar-refractivity contribution in [1.82, 2.24) is 15.1 Å². The molecule has 1 N–H and O–H groups in total. The molecular formula is C17H34N4S. The summed E-state index contributed by atoms with van der Waals surface area (Å²) >= 11 is 2.13. The molecule has 0 radical (unpaired) electrons. The lowest BCUT2D eigenvalue weighted by atomic mass is 10.1. The first kappa shape index (κ1) is 17.9. The lowest BCUT2D eigenvalue weighted by Crippen LogP contribution is -2.49. The van der Waals surface area contributed by atoms with E-state index in [2.05, 4.69) is 54.6 Å². The van der Waals surface area contributed by atoms with E-state index >= 15 is 0 Å². The molecule has 22 heavy (non-hydrogen) atoms. The minimum Gasteiger partial charge on any atom is -0.357 e. The van der Waals surface area contributed by atoms with Crippen LogP contribution < -0.4 is 5.32 Å². The summed E-state index contributed by atoms with van der Waals surface area (Å²) in [6.45, 7) is 17.0. The molecule has 0 aliphatic carbocycles. The molecule has 5 heteroatoms. The molecule has 2 aliphatic rings. The second-order valence-electron chi connectivity index (χ2n) is 6.84. The Bertz CT molecular complexity index is 359. The first-order valence-corrected chi connectivity index (χ1v) is 10.1. The van der Waals surface area contributed by atoms with Crippen molar-refractivity contribution < 1.29 is 0 Å². The maximum Gasteiger partial charge on any atom is 0.193 e. The normalized spacial score (nSPS) is 27.7. The maximum atomic E-state index is 4.98. The monoisotopic (exact) mass is 326 g/mol. The van der Waals surface area contributed by atoms with Gasteiger partial charge < -0.3 is 15.1 Å². The lowest BCUT2D eigenvalue weighted by Gasteiger charge is -2.36. The third kappa shape index (κ3) is 5.05. The van der Waals surface area contributed by atoms with Crippen LogP contribution in [-0.4, -0.2) is 72.6 Å². The molecule has 2 heterocycles. The third-order valence-electron chi connectivity index (χ3n) is 4.79. The molecule has 2 unspecified atom stereocenters. The van der Waals surface area contributed by atoms with Crippen LogP contribution in [-0.2, 0) is 0 Å². The summed E-state index contributed by atoms with van der Waals surface area (Å²) in [6, 6.07) is 0. The molecule has 0 aromatic heterocycles. The highest BCUT2D eigenvalue weighted by Crippen LogP contribution is 2.25. The van der Waals surface area contributed by atoms with Crippen LogP contribution in [0.4, 0.5) is 0 Å². The average molecular weight is 327 g/mol. The van der Waals surface area contributed by atoms with E-state index in [1.165, 1.54) is 31.8 Å². The number of hydrogen-bond donors (Lipinski definition) is 1.